The summed E-state index contributed by atoms with van der Waals surface area (Å²) in [6.07, 6.45) is 3.50. The number of nitrogens with zero attached hydrogens (tertiary/aromatic N) is 4. The molecular formula is C19H19N5O2S. The summed E-state index contributed by atoms with van der Waals surface area (Å²) in [6.45, 7) is 5.07. The highest BCUT2D eigenvalue weighted by Crippen LogP contribution is 2.21. The zero-order valence-electron chi connectivity index (χ0n) is 14.9. The molecule has 3 heterocycles. The summed E-state index contributed by atoms with van der Waals surface area (Å²) in [5.74, 6) is 0.746. The Bertz CT molecular complexity index is 1030. The van der Waals surface area contributed by atoms with Gasteiger partial charge in [-0.3, -0.25) is 0 Å². The second-order valence-electron chi connectivity index (χ2n) is 6.41. The van der Waals surface area contributed by atoms with Crippen LogP contribution in [0, 0.1) is 6.92 Å². The van der Waals surface area contributed by atoms with Gasteiger partial charge < -0.3 is 19.5 Å². The van der Waals surface area contributed by atoms with Crippen molar-refractivity contribution in [3.63, 3.8) is 0 Å². The molecule has 1 N–H and O–H groups in total. The molecule has 1 aliphatic rings. The monoisotopic (exact) mass is 381 g/mol. The van der Waals surface area contributed by atoms with Crippen molar-refractivity contribution in [3.8, 4) is 0 Å². The summed E-state index contributed by atoms with van der Waals surface area (Å²) >= 11 is 5.56. The zero-order chi connectivity index (χ0) is 18.8. The van der Waals surface area contributed by atoms with E-state index in [0.29, 0.717) is 10.7 Å². The van der Waals surface area contributed by atoms with Gasteiger partial charge in [0.1, 0.15) is 5.58 Å². The molecule has 0 saturated carbocycles. The Labute approximate surface area is 161 Å². The first kappa shape index (κ1) is 17.4. The predicted octanol–water partition coefficient (Wildman–Crippen LogP) is 2.41. The van der Waals surface area contributed by atoms with Crippen LogP contribution in [0.25, 0.3) is 11.0 Å². The molecule has 27 heavy (non-hydrogen) atoms. The number of aromatic nitrogens is 2. The number of aryl methyl sites for hydroxylation is 1. The Balaban J connectivity index is 1.42. The smallest absolute Gasteiger partial charge is 0.336 e. The third-order valence-electron chi connectivity index (χ3n) is 4.60. The molecule has 138 valence electrons. The quantitative estimate of drug-likeness (QED) is 0.536. The lowest BCUT2D eigenvalue weighted by atomic mass is 10.1. The van der Waals surface area contributed by atoms with Crippen molar-refractivity contribution in [1.29, 1.82) is 0 Å². The number of nitrogens with one attached hydrogen (secondary N) is 1. The highest BCUT2D eigenvalue weighted by atomic mass is 32.1. The molecule has 2 aromatic heterocycles. The third kappa shape index (κ3) is 3.75. The Kier molecular flexibility index (Phi) is 4.72. The number of hydrogen-bond acceptors (Lipinski definition) is 6. The molecule has 0 aliphatic carbocycles. The summed E-state index contributed by atoms with van der Waals surface area (Å²) in [6, 6.07) is 8.99. The minimum atomic E-state index is -0.348. The van der Waals surface area contributed by atoms with Crippen molar-refractivity contribution in [2.45, 2.75) is 6.92 Å². The first-order chi connectivity index (χ1) is 13.1. The van der Waals surface area contributed by atoms with Gasteiger partial charge in [0.2, 0.25) is 5.95 Å². The summed E-state index contributed by atoms with van der Waals surface area (Å²) in [5, 5.41) is 4.81. The maximum absolute atomic E-state index is 11.6. The minimum absolute atomic E-state index is 0.348. The van der Waals surface area contributed by atoms with Crippen molar-refractivity contribution in [2.75, 3.05) is 36.4 Å². The molecule has 0 unspecified atom stereocenters. The Morgan fingerprint density at radius 3 is 2.63 bits per heavy atom. The van der Waals surface area contributed by atoms with E-state index in [1.807, 2.05) is 31.2 Å². The Morgan fingerprint density at radius 1 is 1.15 bits per heavy atom. The maximum atomic E-state index is 11.6. The van der Waals surface area contributed by atoms with E-state index in [1.165, 1.54) is 6.07 Å². The van der Waals surface area contributed by atoms with Crippen LogP contribution in [0.1, 0.15) is 5.56 Å². The van der Waals surface area contributed by atoms with Gasteiger partial charge >= 0.3 is 5.63 Å². The van der Waals surface area contributed by atoms with Gasteiger partial charge in [0, 0.05) is 61.8 Å². The van der Waals surface area contributed by atoms with Crippen LogP contribution in [0.3, 0.4) is 0 Å². The largest absolute Gasteiger partial charge is 0.423 e. The van der Waals surface area contributed by atoms with Gasteiger partial charge in [-0.2, -0.15) is 0 Å². The first-order valence-electron chi connectivity index (χ1n) is 8.72. The van der Waals surface area contributed by atoms with Crippen molar-refractivity contribution < 1.29 is 4.42 Å². The lowest BCUT2D eigenvalue weighted by Crippen LogP contribution is -2.50. The molecule has 1 aliphatic heterocycles. The van der Waals surface area contributed by atoms with E-state index in [0.717, 1.165) is 48.8 Å². The Morgan fingerprint density at radius 2 is 1.89 bits per heavy atom. The number of hydrogen-bond donors (Lipinski definition) is 1. The van der Waals surface area contributed by atoms with Crippen LogP contribution >= 0.6 is 12.2 Å². The number of thiocarbonyl (C=S) groups is 1. The van der Waals surface area contributed by atoms with E-state index >= 15 is 0 Å². The fourth-order valence-corrected chi connectivity index (χ4v) is 3.47. The van der Waals surface area contributed by atoms with Crippen molar-refractivity contribution in [3.05, 3.63) is 58.7 Å². The molecule has 0 amide bonds. The fourth-order valence-electron chi connectivity index (χ4n) is 3.17. The van der Waals surface area contributed by atoms with Gasteiger partial charge in [-0.05, 0) is 42.9 Å². The van der Waals surface area contributed by atoms with Crippen LogP contribution in [-0.4, -0.2) is 46.2 Å². The van der Waals surface area contributed by atoms with Gasteiger partial charge in [-0.25, -0.2) is 14.8 Å². The number of piperazine rings is 1. The summed E-state index contributed by atoms with van der Waals surface area (Å²) < 4.78 is 5.30. The van der Waals surface area contributed by atoms with Crippen LogP contribution in [0.15, 0.2) is 51.9 Å². The van der Waals surface area contributed by atoms with Crippen molar-refractivity contribution in [2.24, 2.45) is 0 Å². The topological polar surface area (TPSA) is 74.5 Å². The summed E-state index contributed by atoms with van der Waals surface area (Å²) in [5.41, 5.74) is 1.91. The van der Waals surface area contributed by atoms with Crippen LogP contribution in [0.2, 0.25) is 0 Å². The SMILES string of the molecule is Cc1cc(=O)oc2cc(NC(=S)N3CCN(c4ncccn4)CC3)ccc12. The highest BCUT2D eigenvalue weighted by Gasteiger charge is 2.20. The van der Waals surface area contributed by atoms with Crippen molar-refractivity contribution >= 4 is 39.9 Å². The molecule has 0 bridgehead atoms. The van der Waals surface area contributed by atoms with Crippen LogP contribution < -0.4 is 15.8 Å². The molecule has 1 aromatic carbocycles. The number of rotatable bonds is 2. The normalized spacial score (nSPS) is 14.4. The lowest BCUT2D eigenvalue weighted by molar-refractivity contribution is 0.388. The van der Waals surface area contributed by atoms with E-state index in [-0.39, 0.29) is 5.63 Å². The molecule has 1 fully saturated rings. The summed E-state index contributed by atoms with van der Waals surface area (Å²) in [7, 11) is 0. The predicted molar refractivity (Wildman–Crippen MR) is 109 cm³/mol. The average Bonchev–Trinajstić information content (AvgIpc) is 2.68. The Hall–Kier alpha value is -3.00. The highest BCUT2D eigenvalue weighted by molar-refractivity contribution is 7.80. The number of benzene rings is 1. The molecule has 0 spiro atoms. The molecule has 4 rings (SSSR count). The van der Waals surface area contributed by atoms with E-state index in [9.17, 15) is 4.79 Å². The maximum Gasteiger partial charge on any atom is 0.336 e. The third-order valence-corrected chi connectivity index (χ3v) is 4.96. The number of anilines is 2. The van der Waals surface area contributed by atoms with E-state index < -0.39 is 0 Å². The molecule has 0 radical (unpaired) electrons. The van der Waals surface area contributed by atoms with Gasteiger partial charge in [0.05, 0.1) is 0 Å². The lowest BCUT2D eigenvalue weighted by Gasteiger charge is -2.36. The van der Waals surface area contributed by atoms with E-state index in [2.05, 4.69) is 25.1 Å². The molecule has 7 nitrogen and oxygen atoms in total. The average molecular weight is 381 g/mol. The van der Waals surface area contributed by atoms with Gasteiger partial charge in [-0.1, -0.05) is 0 Å². The second kappa shape index (κ2) is 7.32. The second-order valence-corrected chi connectivity index (χ2v) is 6.80. The molecule has 3 aromatic rings. The zero-order valence-corrected chi connectivity index (χ0v) is 15.7. The molecule has 1 saturated heterocycles. The van der Waals surface area contributed by atoms with E-state index in [4.69, 9.17) is 16.6 Å². The van der Waals surface area contributed by atoms with Crippen molar-refractivity contribution in [1.82, 2.24) is 14.9 Å². The molecular weight excluding hydrogens is 362 g/mol. The van der Waals surface area contributed by atoms with Crippen LogP contribution in [0.4, 0.5) is 11.6 Å². The fraction of sp³-hybridized carbons (Fsp3) is 0.263. The van der Waals surface area contributed by atoms with Crippen LogP contribution in [-0.2, 0) is 0 Å². The van der Waals surface area contributed by atoms with Gasteiger partial charge in [0.15, 0.2) is 5.11 Å². The molecule has 8 heteroatoms. The summed E-state index contributed by atoms with van der Waals surface area (Å²) in [4.78, 5) is 24.4. The van der Waals surface area contributed by atoms with Gasteiger partial charge in [0.25, 0.3) is 0 Å². The van der Waals surface area contributed by atoms with Gasteiger partial charge in [-0.15, -0.1) is 0 Å². The van der Waals surface area contributed by atoms with Crippen LogP contribution in [0.5, 0.6) is 0 Å². The van der Waals surface area contributed by atoms with E-state index in [1.54, 1.807) is 12.4 Å². The standard InChI is InChI=1S/C19H19N5O2S/c1-13-11-17(25)26-16-12-14(3-4-15(13)16)22-19(27)24-9-7-23(8-10-24)18-20-5-2-6-21-18/h2-6,11-12H,7-10H2,1H3,(H,22,27). The minimum Gasteiger partial charge on any atom is -0.423 e. The molecule has 0 atom stereocenters. The number of fused-ring (bicyclic) bond motifs is 1. The first-order valence-corrected chi connectivity index (χ1v) is 9.13.